The normalized spacial score (nSPS) is 11.4. The van der Waals surface area contributed by atoms with Gasteiger partial charge in [-0.3, -0.25) is 0 Å². The van der Waals surface area contributed by atoms with E-state index >= 15 is 0 Å². The molecule has 0 atom stereocenters. The Hall–Kier alpha value is -8.04. The van der Waals surface area contributed by atoms with Crippen LogP contribution in [0.4, 0.5) is 17.1 Å². The van der Waals surface area contributed by atoms with Gasteiger partial charge in [-0.2, -0.15) is 0 Å². The number of hydrogen-bond acceptors (Lipinski definition) is 2. The van der Waals surface area contributed by atoms with Crippen LogP contribution in [0.1, 0.15) is 0 Å². The highest BCUT2D eigenvalue weighted by Gasteiger charge is 2.21. The lowest BCUT2D eigenvalue weighted by molar-refractivity contribution is 1.30. The first kappa shape index (κ1) is 37.7. The fourth-order valence-corrected chi connectivity index (χ4v) is 10.8. The van der Waals surface area contributed by atoms with Crippen LogP contribution < -0.4 is 4.90 Å². The van der Waals surface area contributed by atoms with Gasteiger partial charge in [0.05, 0.1) is 5.69 Å². The second-order valence-electron chi connectivity index (χ2n) is 16.4. The summed E-state index contributed by atoms with van der Waals surface area (Å²) in [7, 11) is 0. The van der Waals surface area contributed by atoms with Gasteiger partial charge in [0.15, 0.2) is 0 Å². The highest BCUT2D eigenvalue weighted by atomic mass is 32.1. The Morgan fingerprint density at radius 1 is 0.250 bits per heavy atom. The van der Waals surface area contributed by atoms with Crippen molar-refractivity contribution in [3.63, 3.8) is 0 Å². The molecule has 1 heterocycles. The summed E-state index contributed by atoms with van der Waals surface area (Å²) in [5, 5.41) is 7.56. The molecule has 300 valence electrons. The monoisotopic (exact) mass is 831 g/mol. The van der Waals surface area contributed by atoms with Crippen LogP contribution in [0.5, 0.6) is 0 Å². The lowest BCUT2D eigenvalue weighted by atomic mass is 9.84. The quantitative estimate of drug-likeness (QED) is 0.138. The van der Waals surface area contributed by atoms with Crippen molar-refractivity contribution in [3.05, 3.63) is 249 Å². The topological polar surface area (TPSA) is 3.24 Å². The fourth-order valence-electron chi connectivity index (χ4n) is 9.66. The summed E-state index contributed by atoms with van der Waals surface area (Å²) in [4.78, 5) is 2.45. The third-order valence-electron chi connectivity index (χ3n) is 12.7. The Morgan fingerprint density at radius 3 is 1.38 bits per heavy atom. The molecule has 1 aromatic heterocycles. The zero-order valence-corrected chi connectivity index (χ0v) is 35.8. The lowest BCUT2D eigenvalue weighted by Gasteiger charge is -2.27. The van der Waals surface area contributed by atoms with Gasteiger partial charge in [-0.05, 0) is 126 Å². The van der Waals surface area contributed by atoms with E-state index in [9.17, 15) is 0 Å². The number of nitrogens with zero attached hydrogens (tertiary/aromatic N) is 1. The molecule has 0 N–H and O–H groups in total. The molecular formula is C62H41NS. The van der Waals surface area contributed by atoms with E-state index < -0.39 is 0 Å². The number of thiophene rings is 1. The van der Waals surface area contributed by atoms with E-state index in [1.807, 2.05) is 11.3 Å². The maximum Gasteiger partial charge on any atom is 0.0554 e. The molecule has 2 heteroatoms. The van der Waals surface area contributed by atoms with Crippen molar-refractivity contribution < 1.29 is 0 Å². The molecule has 0 aliphatic rings. The second kappa shape index (κ2) is 16.0. The van der Waals surface area contributed by atoms with Crippen LogP contribution in [0, 0.1) is 0 Å². The molecule has 12 rings (SSSR count). The average molecular weight is 832 g/mol. The van der Waals surface area contributed by atoms with E-state index in [0.717, 1.165) is 22.6 Å². The Morgan fingerprint density at radius 2 is 0.703 bits per heavy atom. The molecule has 64 heavy (non-hydrogen) atoms. The van der Waals surface area contributed by atoms with E-state index in [1.165, 1.54) is 91.8 Å². The molecule has 0 aliphatic carbocycles. The van der Waals surface area contributed by atoms with Crippen LogP contribution in [0.3, 0.4) is 0 Å². The van der Waals surface area contributed by atoms with Crippen LogP contribution in [-0.2, 0) is 0 Å². The van der Waals surface area contributed by atoms with Crippen molar-refractivity contribution in [2.24, 2.45) is 0 Å². The van der Waals surface area contributed by atoms with Gasteiger partial charge in [-0.25, -0.2) is 0 Å². The van der Waals surface area contributed by atoms with Gasteiger partial charge >= 0.3 is 0 Å². The number of anilines is 3. The maximum atomic E-state index is 2.45. The zero-order chi connectivity index (χ0) is 42.4. The van der Waals surface area contributed by atoms with Gasteiger partial charge in [0, 0.05) is 31.5 Å². The van der Waals surface area contributed by atoms with E-state index in [0.29, 0.717) is 0 Å². The van der Waals surface area contributed by atoms with E-state index in [-0.39, 0.29) is 0 Å². The molecule has 12 aromatic rings. The standard InChI is InChI=1S/C62H41NS/c1-4-16-42(17-5-1)43-30-32-44(33-31-43)45-34-37-50(38-35-45)63(57-27-15-29-59-62(57)55-26-12-13-28-58(55)64-59)51-23-14-22-48(40-51)49-36-39-53-52-24-10-11-25-54(52)60(46-18-6-2-7-19-46)61(56(53)41-49)47-20-8-3-9-21-47/h1-41H. The lowest BCUT2D eigenvalue weighted by Crippen LogP contribution is -2.10. The molecule has 11 aromatic carbocycles. The summed E-state index contributed by atoms with van der Waals surface area (Å²) in [6, 6.07) is 90.9. The van der Waals surface area contributed by atoms with Crippen molar-refractivity contribution in [1.29, 1.82) is 0 Å². The summed E-state index contributed by atoms with van der Waals surface area (Å²) < 4.78 is 2.57. The first-order valence-electron chi connectivity index (χ1n) is 21.9. The van der Waals surface area contributed by atoms with Crippen LogP contribution in [0.15, 0.2) is 249 Å². The number of fused-ring (bicyclic) bond motifs is 6. The van der Waals surface area contributed by atoms with Gasteiger partial charge in [0.25, 0.3) is 0 Å². The molecule has 0 bridgehead atoms. The molecule has 0 fully saturated rings. The summed E-state index contributed by atoms with van der Waals surface area (Å²) in [5.74, 6) is 0. The molecule has 0 saturated heterocycles. The first-order valence-corrected chi connectivity index (χ1v) is 22.7. The van der Waals surface area contributed by atoms with E-state index in [1.54, 1.807) is 0 Å². The molecule has 0 aliphatic heterocycles. The Kier molecular flexibility index (Phi) is 9.43. The van der Waals surface area contributed by atoms with Gasteiger partial charge in [0.1, 0.15) is 0 Å². The summed E-state index contributed by atoms with van der Waals surface area (Å²) >= 11 is 1.86. The Balaban J connectivity index is 1.02. The predicted molar refractivity (Wildman–Crippen MR) is 276 cm³/mol. The molecule has 0 spiro atoms. The molecule has 0 unspecified atom stereocenters. The van der Waals surface area contributed by atoms with Gasteiger partial charge in [0.2, 0.25) is 0 Å². The van der Waals surface area contributed by atoms with Crippen LogP contribution >= 0.6 is 11.3 Å². The maximum absolute atomic E-state index is 2.45. The number of benzene rings is 11. The summed E-state index contributed by atoms with van der Waals surface area (Å²) in [6.07, 6.45) is 0. The Labute approximate surface area is 377 Å². The minimum absolute atomic E-state index is 1.10. The predicted octanol–water partition coefficient (Wildman–Crippen LogP) is 18.2. The third kappa shape index (κ3) is 6.64. The van der Waals surface area contributed by atoms with E-state index in [4.69, 9.17) is 0 Å². The molecule has 0 saturated carbocycles. The van der Waals surface area contributed by atoms with Crippen LogP contribution in [0.2, 0.25) is 0 Å². The van der Waals surface area contributed by atoms with Crippen molar-refractivity contribution in [1.82, 2.24) is 0 Å². The van der Waals surface area contributed by atoms with Crippen molar-refractivity contribution in [2.45, 2.75) is 0 Å². The molecular weight excluding hydrogens is 791 g/mol. The van der Waals surface area contributed by atoms with Crippen molar-refractivity contribution in [2.75, 3.05) is 4.90 Å². The number of rotatable bonds is 8. The highest BCUT2D eigenvalue weighted by molar-refractivity contribution is 7.26. The van der Waals surface area contributed by atoms with Gasteiger partial charge in [-0.1, -0.05) is 200 Å². The molecule has 0 amide bonds. The van der Waals surface area contributed by atoms with Crippen molar-refractivity contribution >= 4 is 70.1 Å². The summed E-state index contributed by atoms with van der Waals surface area (Å²) in [6.45, 7) is 0. The Bertz CT molecular complexity index is 3630. The number of hydrogen-bond donors (Lipinski definition) is 0. The average Bonchev–Trinajstić information content (AvgIpc) is 3.77. The second-order valence-corrected chi connectivity index (χ2v) is 17.5. The fraction of sp³-hybridized carbons (Fsp3) is 0. The van der Waals surface area contributed by atoms with Gasteiger partial charge < -0.3 is 4.90 Å². The molecule has 1 nitrogen and oxygen atoms in total. The summed E-state index contributed by atoms with van der Waals surface area (Å²) in [5.41, 5.74) is 15.5. The van der Waals surface area contributed by atoms with Crippen molar-refractivity contribution in [3.8, 4) is 55.6 Å². The van der Waals surface area contributed by atoms with Crippen LogP contribution in [-0.4, -0.2) is 0 Å². The molecule has 0 radical (unpaired) electrons. The highest BCUT2D eigenvalue weighted by Crippen LogP contribution is 2.48. The smallest absolute Gasteiger partial charge is 0.0554 e. The minimum atomic E-state index is 1.10. The SMILES string of the molecule is c1ccc(-c2ccc(-c3ccc(N(c4cccc(-c5ccc6c(c5)c(-c5ccccc5)c(-c5ccccc5)c5ccccc56)c4)c4cccc5sc6ccccc6c45)cc3)cc2)cc1. The first-order chi connectivity index (χ1) is 31.7. The van der Waals surface area contributed by atoms with Gasteiger partial charge in [-0.15, -0.1) is 11.3 Å². The third-order valence-corrected chi connectivity index (χ3v) is 13.8. The van der Waals surface area contributed by atoms with Crippen LogP contribution in [0.25, 0.3) is 97.4 Å². The largest absolute Gasteiger partial charge is 0.310 e. The zero-order valence-electron chi connectivity index (χ0n) is 35.0. The van der Waals surface area contributed by atoms with E-state index in [2.05, 4.69) is 254 Å². The minimum Gasteiger partial charge on any atom is -0.310 e.